The van der Waals surface area contributed by atoms with Crippen LogP contribution in [0.25, 0.3) is 0 Å². The number of aryl methyl sites for hydroxylation is 1. The molecule has 166 valence electrons. The molecule has 0 amide bonds. The lowest BCUT2D eigenvalue weighted by Crippen LogP contribution is -2.27. The van der Waals surface area contributed by atoms with Crippen LogP contribution in [-0.4, -0.2) is 47.4 Å². The maximum Gasteiger partial charge on any atom is 0.241 e. The summed E-state index contributed by atoms with van der Waals surface area (Å²) in [4.78, 5) is 12.8. The fourth-order valence-corrected chi connectivity index (χ4v) is 3.51. The third-order valence-electron chi connectivity index (χ3n) is 4.51. The van der Waals surface area contributed by atoms with Crippen LogP contribution in [0.2, 0.25) is 0 Å². The van der Waals surface area contributed by atoms with E-state index in [1.54, 1.807) is 19.1 Å². The van der Waals surface area contributed by atoms with Crippen molar-refractivity contribution in [3.63, 3.8) is 0 Å². The first-order chi connectivity index (χ1) is 14.0. The van der Waals surface area contributed by atoms with E-state index in [4.69, 9.17) is 0 Å². The van der Waals surface area contributed by atoms with Gasteiger partial charge in [-0.2, -0.15) is 15.0 Å². The zero-order valence-corrected chi connectivity index (χ0v) is 18.8. The van der Waals surface area contributed by atoms with Crippen LogP contribution in [-0.2, 0) is 16.4 Å². The number of aliphatic hydroxyl groups is 1. The van der Waals surface area contributed by atoms with Gasteiger partial charge in [-0.25, -0.2) is 12.8 Å². The van der Waals surface area contributed by atoms with Crippen LogP contribution in [0.15, 0.2) is 18.2 Å². The number of benzene rings is 1. The third-order valence-corrected chi connectivity index (χ3v) is 5.06. The lowest BCUT2D eigenvalue weighted by Gasteiger charge is -2.19. The maximum absolute atomic E-state index is 13.6. The van der Waals surface area contributed by atoms with Crippen molar-refractivity contribution in [3.8, 4) is 0 Å². The van der Waals surface area contributed by atoms with E-state index in [9.17, 15) is 17.9 Å². The number of anilines is 2. The zero-order chi connectivity index (χ0) is 22.5. The van der Waals surface area contributed by atoms with E-state index < -0.39 is 10.0 Å². The van der Waals surface area contributed by atoms with Crippen molar-refractivity contribution in [2.75, 3.05) is 22.9 Å². The molecule has 0 radical (unpaired) electrons. The fourth-order valence-electron chi connectivity index (χ4n) is 3.08. The molecule has 0 saturated heterocycles. The Morgan fingerprint density at radius 3 is 2.37 bits per heavy atom. The van der Waals surface area contributed by atoms with Crippen molar-refractivity contribution in [2.24, 2.45) is 5.92 Å². The number of halogens is 1. The van der Waals surface area contributed by atoms with Gasteiger partial charge in [-0.15, -0.1) is 0 Å². The van der Waals surface area contributed by atoms with E-state index in [1.807, 2.05) is 20.8 Å². The molecule has 0 saturated carbocycles. The van der Waals surface area contributed by atoms with Gasteiger partial charge in [-0.05, 0) is 42.4 Å². The molecule has 0 aliphatic heterocycles. The third kappa shape index (κ3) is 7.49. The Morgan fingerprint density at radius 2 is 1.80 bits per heavy atom. The SMILES string of the molecule is Cc1cc(C(C)Cc2nc(NC(CO)CC(C)C)nc(NS(C)(=O)=O)n2)ccc1F. The van der Waals surface area contributed by atoms with Crippen LogP contribution in [0.3, 0.4) is 0 Å². The molecule has 1 aromatic heterocycles. The number of nitrogens with zero attached hydrogens (tertiary/aromatic N) is 3. The molecule has 2 rings (SSSR count). The molecule has 1 heterocycles. The van der Waals surface area contributed by atoms with E-state index in [1.165, 1.54) is 6.07 Å². The summed E-state index contributed by atoms with van der Waals surface area (Å²) in [6, 6.07) is 4.65. The monoisotopic (exact) mass is 439 g/mol. The Bertz CT molecular complexity index is 969. The van der Waals surface area contributed by atoms with Gasteiger partial charge in [0.25, 0.3) is 0 Å². The fraction of sp³-hybridized carbons (Fsp3) is 0.550. The van der Waals surface area contributed by atoms with E-state index in [0.29, 0.717) is 30.1 Å². The minimum atomic E-state index is -3.58. The van der Waals surface area contributed by atoms with Crippen LogP contribution in [0.4, 0.5) is 16.3 Å². The molecule has 0 spiro atoms. The molecule has 2 aromatic rings. The van der Waals surface area contributed by atoms with Gasteiger partial charge in [-0.3, -0.25) is 4.72 Å². The number of aromatic nitrogens is 3. The number of sulfonamides is 1. The standard InChI is InChI=1S/C20H30FN5O3S/c1-12(2)8-16(11-27)22-19-23-18(24-20(25-19)26-30(5,28)29)10-13(3)15-6-7-17(21)14(4)9-15/h6-7,9,12-13,16,27H,8,10-11H2,1-5H3,(H2,22,23,24,25,26). The minimum absolute atomic E-state index is 0.0325. The number of nitrogens with one attached hydrogen (secondary N) is 2. The second-order valence-electron chi connectivity index (χ2n) is 8.04. The molecule has 0 aliphatic rings. The van der Waals surface area contributed by atoms with Crippen LogP contribution in [0.5, 0.6) is 0 Å². The summed E-state index contributed by atoms with van der Waals surface area (Å²) in [5, 5.41) is 12.7. The molecule has 0 fully saturated rings. The van der Waals surface area contributed by atoms with Gasteiger partial charge in [0, 0.05) is 6.42 Å². The van der Waals surface area contributed by atoms with Gasteiger partial charge in [-0.1, -0.05) is 32.9 Å². The summed E-state index contributed by atoms with van der Waals surface area (Å²) in [6.45, 7) is 7.62. The number of aliphatic hydroxyl groups excluding tert-OH is 1. The normalized spacial score (nSPS) is 13.9. The Labute approximate surface area is 177 Å². The van der Waals surface area contributed by atoms with Gasteiger partial charge in [0.2, 0.25) is 21.9 Å². The summed E-state index contributed by atoms with van der Waals surface area (Å²) in [5.41, 5.74) is 1.48. The predicted molar refractivity (Wildman–Crippen MR) is 116 cm³/mol. The first kappa shape index (κ1) is 23.9. The molecule has 0 bridgehead atoms. The van der Waals surface area contributed by atoms with Crippen LogP contribution < -0.4 is 10.0 Å². The number of rotatable bonds is 10. The summed E-state index contributed by atoms with van der Waals surface area (Å²) in [6.07, 6.45) is 2.11. The lowest BCUT2D eigenvalue weighted by atomic mass is 9.96. The van der Waals surface area contributed by atoms with Crippen molar-refractivity contribution in [3.05, 3.63) is 41.0 Å². The average molecular weight is 440 g/mol. The summed E-state index contributed by atoms with van der Waals surface area (Å²) in [7, 11) is -3.58. The molecular weight excluding hydrogens is 409 g/mol. The van der Waals surface area contributed by atoms with Gasteiger partial charge in [0.15, 0.2) is 0 Å². The largest absolute Gasteiger partial charge is 0.394 e. The van der Waals surface area contributed by atoms with Gasteiger partial charge >= 0.3 is 0 Å². The Hall–Kier alpha value is -2.33. The quantitative estimate of drug-likeness (QED) is 0.521. The Morgan fingerprint density at radius 1 is 1.13 bits per heavy atom. The molecule has 2 atom stereocenters. The molecule has 1 aromatic carbocycles. The Kier molecular flexibility index (Phi) is 8.08. The lowest BCUT2D eigenvalue weighted by molar-refractivity contribution is 0.259. The van der Waals surface area contributed by atoms with Crippen LogP contribution >= 0.6 is 0 Å². The highest BCUT2D eigenvalue weighted by molar-refractivity contribution is 7.91. The van der Waals surface area contributed by atoms with Crippen molar-refractivity contribution in [2.45, 2.75) is 52.5 Å². The topological polar surface area (TPSA) is 117 Å². The van der Waals surface area contributed by atoms with E-state index in [0.717, 1.165) is 11.8 Å². The van der Waals surface area contributed by atoms with E-state index in [2.05, 4.69) is 25.0 Å². The summed E-state index contributed by atoms with van der Waals surface area (Å²) in [5.74, 6) is 0.523. The van der Waals surface area contributed by atoms with Crippen molar-refractivity contribution in [1.29, 1.82) is 0 Å². The summed E-state index contributed by atoms with van der Waals surface area (Å²) >= 11 is 0. The van der Waals surface area contributed by atoms with Gasteiger partial charge in [0.05, 0.1) is 18.9 Å². The summed E-state index contributed by atoms with van der Waals surface area (Å²) < 4.78 is 39.2. The van der Waals surface area contributed by atoms with Gasteiger partial charge < -0.3 is 10.4 Å². The molecule has 10 heteroatoms. The van der Waals surface area contributed by atoms with Crippen LogP contribution in [0, 0.1) is 18.7 Å². The first-order valence-electron chi connectivity index (χ1n) is 9.83. The molecule has 0 aliphatic carbocycles. The number of hydrogen-bond donors (Lipinski definition) is 3. The maximum atomic E-state index is 13.6. The van der Waals surface area contributed by atoms with Crippen molar-refractivity contribution in [1.82, 2.24) is 15.0 Å². The molecule has 8 nitrogen and oxygen atoms in total. The minimum Gasteiger partial charge on any atom is -0.394 e. The van der Waals surface area contributed by atoms with Crippen molar-refractivity contribution >= 4 is 21.9 Å². The van der Waals surface area contributed by atoms with Crippen molar-refractivity contribution < 1.29 is 17.9 Å². The number of hydrogen-bond acceptors (Lipinski definition) is 7. The second-order valence-corrected chi connectivity index (χ2v) is 9.79. The van der Waals surface area contributed by atoms with Crippen LogP contribution in [0.1, 0.15) is 50.1 Å². The average Bonchev–Trinajstić information content (AvgIpc) is 2.61. The predicted octanol–water partition coefficient (Wildman–Crippen LogP) is 2.86. The molecule has 2 unspecified atom stereocenters. The highest BCUT2D eigenvalue weighted by atomic mass is 32.2. The second kappa shape index (κ2) is 10.1. The smallest absolute Gasteiger partial charge is 0.241 e. The highest BCUT2D eigenvalue weighted by Crippen LogP contribution is 2.22. The highest BCUT2D eigenvalue weighted by Gasteiger charge is 2.17. The first-order valence-corrected chi connectivity index (χ1v) is 11.7. The molecule has 30 heavy (non-hydrogen) atoms. The molecular formula is C20H30FN5O3S. The molecule has 3 N–H and O–H groups in total. The zero-order valence-electron chi connectivity index (χ0n) is 18.0. The van der Waals surface area contributed by atoms with E-state index in [-0.39, 0.29) is 36.3 Å². The van der Waals surface area contributed by atoms with Gasteiger partial charge in [0.1, 0.15) is 11.6 Å². The van der Waals surface area contributed by atoms with E-state index >= 15 is 0 Å². The Balaban J connectivity index is 2.31.